The summed E-state index contributed by atoms with van der Waals surface area (Å²) in [7, 11) is -1.40. The number of anilines is 1. The third kappa shape index (κ3) is 4.00. The lowest BCUT2D eigenvalue weighted by molar-refractivity contribution is 0.0601. The molecule has 25 heavy (non-hydrogen) atoms. The lowest BCUT2D eigenvalue weighted by Gasteiger charge is -2.14. The molecule has 9 heteroatoms. The van der Waals surface area contributed by atoms with Crippen LogP contribution in [0.1, 0.15) is 15.9 Å². The van der Waals surface area contributed by atoms with Gasteiger partial charge < -0.3 is 9.47 Å². The summed E-state index contributed by atoms with van der Waals surface area (Å²) in [5.41, 5.74) is 1.06. The Morgan fingerprint density at radius 3 is 2.36 bits per heavy atom. The molecule has 0 amide bonds. The Balaban J connectivity index is 2.46. The van der Waals surface area contributed by atoms with Crippen LogP contribution in [-0.4, -0.2) is 28.6 Å². The third-order valence-corrected chi connectivity index (χ3v) is 5.81. The first-order valence-corrected chi connectivity index (χ1v) is 9.19. The van der Waals surface area contributed by atoms with Gasteiger partial charge in [0.2, 0.25) is 0 Å². The molecule has 134 valence electrons. The van der Waals surface area contributed by atoms with Gasteiger partial charge in [0.05, 0.1) is 30.5 Å². The predicted octanol–water partition coefficient (Wildman–Crippen LogP) is 3.90. The first-order valence-electron chi connectivity index (χ1n) is 6.95. The van der Waals surface area contributed by atoms with Gasteiger partial charge in [-0.15, -0.1) is 0 Å². The Bertz CT molecular complexity index is 928. The van der Waals surface area contributed by atoms with Crippen molar-refractivity contribution in [2.24, 2.45) is 0 Å². The normalized spacial score (nSPS) is 11.1. The molecule has 6 nitrogen and oxygen atoms in total. The number of methoxy groups -OCH3 is 2. The highest BCUT2D eigenvalue weighted by molar-refractivity contribution is 7.92. The van der Waals surface area contributed by atoms with E-state index in [0.29, 0.717) is 5.56 Å². The van der Waals surface area contributed by atoms with Gasteiger partial charge in [0, 0.05) is 0 Å². The third-order valence-electron chi connectivity index (χ3n) is 3.42. The van der Waals surface area contributed by atoms with Gasteiger partial charge in [-0.3, -0.25) is 4.72 Å². The Morgan fingerprint density at radius 1 is 1.08 bits per heavy atom. The maximum absolute atomic E-state index is 12.7. The Kier molecular flexibility index (Phi) is 5.82. The first-order chi connectivity index (χ1) is 11.7. The molecule has 0 spiro atoms. The van der Waals surface area contributed by atoms with Gasteiger partial charge in [-0.2, -0.15) is 0 Å². The van der Waals surface area contributed by atoms with E-state index in [1.165, 1.54) is 38.5 Å². The van der Waals surface area contributed by atoms with Crippen LogP contribution in [-0.2, 0) is 14.8 Å². The Hall–Kier alpha value is -1.96. The van der Waals surface area contributed by atoms with E-state index in [1.807, 2.05) is 0 Å². The molecule has 0 radical (unpaired) electrons. The molecule has 0 aliphatic heterocycles. The number of esters is 1. The van der Waals surface area contributed by atoms with Crippen molar-refractivity contribution in [2.75, 3.05) is 18.9 Å². The summed E-state index contributed by atoms with van der Waals surface area (Å²) in [5.74, 6) is -0.319. The highest BCUT2D eigenvalue weighted by Crippen LogP contribution is 2.37. The van der Waals surface area contributed by atoms with Crippen molar-refractivity contribution in [1.29, 1.82) is 0 Å². The molecule has 2 rings (SSSR count). The van der Waals surface area contributed by atoms with E-state index < -0.39 is 16.0 Å². The van der Waals surface area contributed by atoms with E-state index in [0.717, 1.165) is 0 Å². The molecule has 0 saturated heterocycles. The minimum absolute atomic E-state index is 0.00734. The van der Waals surface area contributed by atoms with E-state index in [1.54, 1.807) is 13.0 Å². The summed E-state index contributed by atoms with van der Waals surface area (Å²) in [6, 6.07) is 7.22. The van der Waals surface area contributed by atoms with E-state index >= 15 is 0 Å². The van der Waals surface area contributed by atoms with Crippen molar-refractivity contribution in [2.45, 2.75) is 11.8 Å². The SMILES string of the molecule is COC(=O)c1ccc(C)c(NS(=O)(=O)c2ccc(OC)c(Cl)c2Cl)c1. The van der Waals surface area contributed by atoms with Crippen LogP contribution in [0, 0.1) is 6.92 Å². The number of carbonyl (C=O) groups is 1. The number of halogens is 2. The standard InChI is InChI=1S/C16H15Cl2NO5S/c1-9-4-5-10(16(20)24-3)8-11(9)19-25(21,22)13-7-6-12(23-2)14(17)15(13)18/h4-8,19H,1-3H3. The molecular formula is C16H15Cl2NO5S. The topological polar surface area (TPSA) is 81.7 Å². The van der Waals surface area contributed by atoms with E-state index in [2.05, 4.69) is 9.46 Å². The lowest BCUT2D eigenvalue weighted by Crippen LogP contribution is -2.15. The average Bonchev–Trinajstić information content (AvgIpc) is 2.58. The number of ether oxygens (including phenoxy) is 2. The molecule has 2 aromatic rings. The summed E-state index contributed by atoms with van der Waals surface area (Å²) < 4.78 is 37.4. The zero-order valence-electron chi connectivity index (χ0n) is 13.6. The fourth-order valence-electron chi connectivity index (χ4n) is 2.06. The van der Waals surface area contributed by atoms with Gasteiger partial charge in [0.1, 0.15) is 15.7 Å². The number of sulfonamides is 1. The molecule has 0 aromatic heterocycles. The van der Waals surface area contributed by atoms with Crippen LogP contribution in [0.5, 0.6) is 5.75 Å². The summed E-state index contributed by atoms with van der Waals surface area (Å²) in [5, 5.41) is -0.164. The largest absolute Gasteiger partial charge is 0.495 e. The van der Waals surface area contributed by atoms with Gasteiger partial charge in [-0.1, -0.05) is 29.3 Å². The molecule has 0 atom stereocenters. The molecule has 0 aliphatic carbocycles. The average molecular weight is 404 g/mol. The van der Waals surface area contributed by atoms with Crippen molar-refractivity contribution in [3.8, 4) is 5.75 Å². The fourth-order valence-corrected chi connectivity index (χ4v) is 4.02. The predicted molar refractivity (Wildman–Crippen MR) is 96.3 cm³/mol. The molecule has 1 N–H and O–H groups in total. The van der Waals surface area contributed by atoms with Gasteiger partial charge in [0.15, 0.2) is 0 Å². The van der Waals surface area contributed by atoms with E-state index in [4.69, 9.17) is 27.9 Å². The molecular weight excluding hydrogens is 389 g/mol. The van der Waals surface area contributed by atoms with Crippen LogP contribution in [0.25, 0.3) is 0 Å². The van der Waals surface area contributed by atoms with Crippen molar-refractivity contribution in [3.63, 3.8) is 0 Å². The molecule has 0 saturated carbocycles. The number of hydrogen-bond acceptors (Lipinski definition) is 5. The number of rotatable bonds is 5. The maximum atomic E-state index is 12.7. The van der Waals surface area contributed by atoms with Gasteiger partial charge >= 0.3 is 5.97 Å². The molecule has 2 aromatic carbocycles. The monoisotopic (exact) mass is 403 g/mol. The molecule has 0 unspecified atom stereocenters. The second-order valence-electron chi connectivity index (χ2n) is 5.02. The van der Waals surface area contributed by atoms with Crippen LogP contribution >= 0.6 is 23.2 Å². The summed E-state index contributed by atoms with van der Waals surface area (Å²) in [4.78, 5) is 11.4. The molecule has 0 aliphatic rings. The van der Waals surface area contributed by atoms with Crippen molar-refractivity contribution in [3.05, 3.63) is 51.5 Å². The summed E-state index contributed by atoms with van der Waals surface area (Å²) >= 11 is 12.1. The Morgan fingerprint density at radius 2 is 1.76 bits per heavy atom. The molecule has 0 heterocycles. The quantitative estimate of drug-likeness (QED) is 0.765. The minimum Gasteiger partial charge on any atom is -0.495 e. The maximum Gasteiger partial charge on any atom is 0.337 e. The zero-order valence-corrected chi connectivity index (χ0v) is 15.9. The first kappa shape index (κ1) is 19.4. The van der Waals surface area contributed by atoms with Gasteiger partial charge in [-0.25, -0.2) is 13.2 Å². The lowest BCUT2D eigenvalue weighted by atomic mass is 10.1. The number of benzene rings is 2. The summed E-state index contributed by atoms with van der Waals surface area (Å²) in [6.07, 6.45) is 0. The van der Waals surface area contributed by atoms with Crippen molar-refractivity contribution >= 4 is 44.9 Å². The van der Waals surface area contributed by atoms with E-state index in [-0.39, 0.29) is 31.9 Å². The van der Waals surface area contributed by atoms with Gasteiger partial charge in [0.25, 0.3) is 10.0 Å². The molecule has 0 fully saturated rings. The zero-order chi connectivity index (χ0) is 18.8. The number of aryl methyl sites for hydroxylation is 1. The van der Waals surface area contributed by atoms with Crippen LogP contribution in [0.15, 0.2) is 35.2 Å². The Labute approximate surface area is 155 Å². The highest BCUT2D eigenvalue weighted by atomic mass is 35.5. The number of carbonyl (C=O) groups excluding carboxylic acids is 1. The number of hydrogen-bond donors (Lipinski definition) is 1. The van der Waals surface area contributed by atoms with Crippen LogP contribution in [0.3, 0.4) is 0 Å². The summed E-state index contributed by atoms with van der Waals surface area (Å²) in [6.45, 7) is 1.70. The second-order valence-corrected chi connectivity index (χ2v) is 7.43. The van der Waals surface area contributed by atoms with Crippen molar-refractivity contribution in [1.82, 2.24) is 0 Å². The van der Waals surface area contributed by atoms with Crippen LogP contribution < -0.4 is 9.46 Å². The number of nitrogens with one attached hydrogen (secondary N) is 1. The smallest absolute Gasteiger partial charge is 0.337 e. The fraction of sp³-hybridized carbons (Fsp3) is 0.188. The van der Waals surface area contributed by atoms with E-state index in [9.17, 15) is 13.2 Å². The van der Waals surface area contributed by atoms with Crippen LogP contribution in [0.4, 0.5) is 5.69 Å². The van der Waals surface area contributed by atoms with Crippen LogP contribution in [0.2, 0.25) is 10.0 Å². The highest BCUT2D eigenvalue weighted by Gasteiger charge is 2.23. The second kappa shape index (κ2) is 7.51. The minimum atomic E-state index is -4.04. The molecule has 0 bridgehead atoms. The van der Waals surface area contributed by atoms with Crippen molar-refractivity contribution < 1.29 is 22.7 Å². The van der Waals surface area contributed by atoms with Gasteiger partial charge in [-0.05, 0) is 36.8 Å².